The zero-order chi connectivity index (χ0) is 20.6. The normalized spacial score (nSPS) is 14.1. The van der Waals surface area contributed by atoms with E-state index in [0.717, 1.165) is 31.4 Å². The number of anilines is 1. The number of halogens is 1. The van der Waals surface area contributed by atoms with Crippen molar-refractivity contribution >= 4 is 29.7 Å². The molecule has 1 aliphatic rings. The van der Waals surface area contributed by atoms with E-state index in [4.69, 9.17) is 0 Å². The van der Waals surface area contributed by atoms with Gasteiger partial charge in [0, 0.05) is 31.3 Å². The van der Waals surface area contributed by atoms with Gasteiger partial charge < -0.3 is 15.5 Å². The summed E-state index contributed by atoms with van der Waals surface area (Å²) in [5.74, 6) is 0.500. The van der Waals surface area contributed by atoms with Crippen molar-refractivity contribution in [3.63, 3.8) is 0 Å². The highest BCUT2D eigenvalue weighted by Crippen LogP contribution is 2.28. The summed E-state index contributed by atoms with van der Waals surface area (Å²) in [7, 11) is 1.95. The maximum absolute atomic E-state index is 12.9. The van der Waals surface area contributed by atoms with Crippen LogP contribution < -0.4 is 10.6 Å². The molecule has 30 heavy (non-hydrogen) atoms. The van der Waals surface area contributed by atoms with E-state index in [2.05, 4.69) is 10.6 Å². The van der Waals surface area contributed by atoms with Gasteiger partial charge in [-0.25, -0.2) is 0 Å². The van der Waals surface area contributed by atoms with Gasteiger partial charge in [-0.05, 0) is 56.5 Å². The van der Waals surface area contributed by atoms with E-state index >= 15 is 0 Å². The minimum absolute atomic E-state index is 0. The van der Waals surface area contributed by atoms with Crippen LogP contribution in [0.4, 0.5) is 11.4 Å². The second-order valence-electron chi connectivity index (χ2n) is 7.46. The van der Waals surface area contributed by atoms with Crippen molar-refractivity contribution < 1.29 is 9.72 Å². The summed E-state index contributed by atoms with van der Waals surface area (Å²) in [4.78, 5) is 25.8. The molecule has 162 valence electrons. The molecular weight excluding hydrogens is 404 g/mol. The lowest BCUT2D eigenvalue weighted by Crippen LogP contribution is -2.39. The number of carbonyl (C=O) groups excluding carboxylic acids is 1. The second-order valence-corrected chi connectivity index (χ2v) is 7.46. The summed E-state index contributed by atoms with van der Waals surface area (Å²) in [5, 5.41) is 17.8. The Morgan fingerprint density at radius 1 is 1.17 bits per heavy atom. The molecule has 0 saturated carbocycles. The Kier molecular flexibility index (Phi) is 9.08. The maximum Gasteiger partial charge on any atom is 0.293 e. The molecule has 0 aliphatic carbocycles. The third-order valence-electron chi connectivity index (χ3n) is 5.47. The van der Waals surface area contributed by atoms with Crippen LogP contribution in [0.5, 0.6) is 0 Å². The lowest BCUT2D eigenvalue weighted by molar-refractivity contribution is -0.384. The molecule has 0 aromatic heterocycles. The fourth-order valence-electron chi connectivity index (χ4n) is 3.71. The lowest BCUT2D eigenvalue weighted by atomic mass is 9.93. The molecule has 0 bridgehead atoms. The number of nitrogens with zero attached hydrogens (tertiary/aromatic N) is 2. The lowest BCUT2D eigenvalue weighted by Gasteiger charge is -2.32. The minimum atomic E-state index is -0.436. The smallest absolute Gasteiger partial charge is 0.293 e. The third kappa shape index (κ3) is 6.18. The van der Waals surface area contributed by atoms with E-state index in [1.807, 2.05) is 42.3 Å². The van der Waals surface area contributed by atoms with Crippen LogP contribution in [0.15, 0.2) is 48.5 Å². The minimum Gasteiger partial charge on any atom is -0.375 e. The summed E-state index contributed by atoms with van der Waals surface area (Å²) in [6.45, 7) is 2.88. The first-order valence-electron chi connectivity index (χ1n) is 10.1. The van der Waals surface area contributed by atoms with E-state index in [-0.39, 0.29) is 24.0 Å². The van der Waals surface area contributed by atoms with E-state index < -0.39 is 4.92 Å². The van der Waals surface area contributed by atoms with Gasteiger partial charge in [-0.1, -0.05) is 30.3 Å². The van der Waals surface area contributed by atoms with Crippen LogP contribution in [-0.2, 0) is 6.54 Å². The molecule has 8 heteroatoms. The molecule has 1 amide bonds. The predicted molar refractivity (Wildman–Crippen MR) is 121 cm³/mol. The molecule has 3 rings (SSSR count). The molecule has 0 atom stereocenters. The first kappa shape index (κ1) is 23.6. The van der Waals surface area contributed by atoms with Crippen molar-refractivity contribution in [2.24, 2.45) is 5.92 Å². The quantitative estimate of drug-likeness (QED) is 0.484. The summed E-state index contributed by atoms with van der Waals surface area (Å²) < 4.78 is 0. The molecule has 2 aromatic rings. The summed E-state index contributed by atoms with van der Waals surface area (Å²) >= 11 is 0. The highest BCUT2D eigenvalue weighted by Gasteiger charge is 2.25. The number of hydrogen-bond donors (Lipinski definition) is 2. The van der Waals surface area contributed by atoms with Gasteiger partial charge in [-0.15, -0.1) is 12.4 Å². The Balaban J connectivity index is 0.00000320. The summed E-state index contributed by atoms with van der Waals surface area (Å²) in [6, 6.07) is 14.4. The van der Waals surface area contributed by atoms with Gasteiger partial charge in [0.15, 0.2) is 0 Å². The highest BCUT2D eigenvalue weighted by molar-refractivity contribution is 5.95. The number of piperidine rings is 1. The Hall–Kier alpha value is -2.64. The molecule has 2 N–H and O–H groups in total. The number of likely N-dealkylation sites (tertiary alicyclic amines) is 1. The average molecular weight is 433 g/mol. The van der Waals surface area contributed by atoms with Crippen molar-refractivity contribution in [2.45, 2.75) is 25.8 Å². The molecule has 1 fully saturated rings. The number of nitro benzene ring substituents is 1. The van der Waals surface area contributed by atoms with Gasteiger partial charge in [0.2, 0.25) is 0 Å². The van der Waals surface area contributed by atoms with Gasteiger partial charge in [-0.3, -0.25) is 14.9 Å². The summed E-state index contributed by atoms with van der Waals surface area (Å²) in [5.41, 5.74) is 1.75. The van der Waals surface area contributed by atoms with Gasteiger partial charge in [0.25, 0.3) is 11.6 Å². The van der Waals surface area contributed by atoms with Crippen molar-refractivity contribution in [1.29, 1.82) is 0 Å². The van der Waals surface area contributed by atoms with E-state index in [1.54, 1.807) is 12.1 Å². The Bertz CT molecular complexity index is 840. The molecule has 7 nitrogen and oxygen atoms in total. The van der Waals surface area contributed by atoms with Crippen molar-refractivity contribution in [3.05, 3.63) is 69.8 Å². The standard InChI is InChI=1S/C22H28N4O3.ClH/c1-23-12-9-17-10-13-25(14-11-17)22(27)19-7-8-20(21(15-19)26(28)29)24-16-18-5-3-2-4-6-18;/h2-8,15,17,23-24H,9-14,16H2,1H3;1H. The Morgan fingerprint density at radius 2 is 1.87 bits per heavy atom. The maximum atomic E-state index is 12.9. The Morgan fingerprint density at radius 3 is 2.50 bits per heavy atom. The fraction of sp³-hybridized carbons (Fsp3) is 0.409. The molecular formula is C22H29ClN4O3. The molecule has 2 aromatic carbocycles. The average Bonchev–Trinajstić information content (AvgIpc) is 2.76. The second kappa shape index (κ2) is 11.5. The van der Waals surface area contributed by atoms with Crippen LogP contribution in [-0.4, -0.2) is 42.4 Å². The molecule has 1 heterocycles. The molecule has 0 spiro atoms. The van der Waals surface area contributed by atoms with Crippen molar-refractivity contribution in [2.75, 3.05) is 32.0 Å². The van der Waals surface area contributed by atoms with Gasteiger partial charge in [-0.2, -0.15) is 0 Å². The molecule has 0 unspecified atom stereocenters. The number of nitrogens with one attached hydrogen (secondary N) is 2. The third-order valence-corrected chi connectivity index (χ3v) is 5.47. The van der Waals surface area contributed by atoms with Crippen LogP contribution in [0.25, 0.3) is 0 Å². The number of benzene rings is 2. The summed E-state index contributed by atoms with van der Waals surface area (Å²) in [6.07, 6.45) is 3.07. The van der Waals surface area contributed by atoms with Gasteiger partial charge >= 0.3 is 0 Å². The van der Waals surface area contributed by atoms with Gasteiger partial charge in [0.1, 0.15) is 5.69 Å². The van der Waals surface area contributed by atoms with Crippen LogP contribution in [0.1, 0.15) is 35.2 Å². The Labute approximate surface area is 183 Å². The fourth-order valence-corrected chi connectivity index (χ4v) is 3.71. The number of amides is 1. The SMILES string of the molecule is CNCCC1CCN(C(=O)c2ccc(NCc3ccccc3)c([N+](=O)[O-])c2)CC1.Cl. The topological polar surface area (TPSA) is 87.5 Å². The van der Waals surface area contributed by atoms with Gasteiger partial charge in [0.05, 0.1) is 4.92 Å². The zero-order valence-corrected chi connectivity index (χ0v) is 18.0. The highest BCUT2D eigenvalue weighted by atomic mass is 35.5. The van der Waals surface area contributed by atoms with Crippen LogP contribution >= 0.6 is 12.4 Å². The van der Waals surface area contributed by atoms with Crippen LogP contribution in [0.2, 0.25) is 0 Å². The van der Waals surface area contributed by atoms with Crippen molar-refractivity contribution in [1.82, 2.24) is 10.2 Å². The zero-order valence-electron chi connectivity index (χ0n) is 17.2. The van der Waals surface area contributed by atoms with E-state index in [9.17, 15) is 14.9 Å². The molecule has 1 aliphatic heterocycles. The van der Waals surface area contributed by atoms with E-state index in [1.165, 1.54) is 6.07 Å². The number of hydrogen-bond acceptors (Lipinski definition) is 5. The number of carbonyl (C=O) groups is 1. The number of nitro groups is 1. The van der Waals surface area contributed by atoms with E-state index in [0.29, 0.717) is 36.8 Å². The van der Waals surface area contributed by atoms with Crippen LogP contribution in [0.3, 0.4) is 0 Å². The number of rotatable bonds is 8. The van der Waals surface area contributed by atoms with Crippen molar-refractivity contribution in [3.8, 4) is 0 Å². The monoisotopic (exact) mass is 432 g/mol. The molecule has 0 radical (unpaired) electrons. The first-order valence-corrected chi connectivity index (χ1v) is 10.1. The van der Waals surface area contributed by atoms with Crippen LogP contribution in [0, 0.1) is 16.0 Å². The predicted octanol–water partition coefficient (Wildman–Crippen LogP) is 4.09. The first-order chi connectivity index (χ1) is 14.1. The molecule has 1 saturated heterocycles. The largest absolute Gasteiger partial charge is 0.375 e.